The van der Waals surface area contributed by atoms with Gasteiger partial charge in [-0.1, -0.05) is 6.07 Å². The van der Waals surface area contributed by atoms with E-state index < -0.39 is 13.1 Å². The molecule has 6 heteroatoms. The van der Waals surface area contributed by atoms with E-state index in [1.165, 1.54) is 12.1 Å². The summed E-state index contributed by atoms with van der Waals surface area (Å²) in [6.45, 7) is 0. The van der Waals surface area contributed by atoms with Crippen molar-refractivity contribution in [2.45, 2.75) is 0 Å². The molecular formula is C7H5BFNO3. The summed E-state index contributed by atoms with van der Waals surface area (Å²) in [4.78, 5) is 0. The van der Waals surface area contributed by atoms with E-state index in [0.29, 0.717) is 0 Å². The molecule has 0 radical (unpaired) electrons. The Labute approximate surface area is 74.0 Å². The second-order valence-corrected chi connectivity index (χ2v) is 2.17. The van der Waals surface area contributed by atoms with Gasteiger partial charge in [0.1, 0.15) is 23.2 Å². The maximum atomic E-state index is 12.8. The molecule has 0 aliphatic carbocycles. The Morgan fingerprint density at radius 1 is 1.46 bits per heavy atom. The number of benzene rings is 1. The van der Waals surface area contributed by atoms with E-state index in [4.69, 9.17) is 15.3 Å². The first-order valence-corrected chi connectivity index (χ1v) is 3.36. The number of rotatable bonds is 2. The summed E-state index contributed by atoms with van der Waals surface area (Å²) in [5.41, 5.74) is -0.351. The summed E-state index contributed by atoms with van der Waals surface area (Å²) >= 11 is 0. The maximum absolute atomic E-state index is 12.8. The third-order valence-corrected chi connectivity index (χ3v) is 1.32. The van der Waals surface area contributed by atoms with Crippen LogP contribution in [0.2, 0.25) is 0 Å². The largest absolute Gasteiger partial charge is 0.707 e. The zero-order valence-electron chi connectivity index (χ0n) is 6.44. The van der Waals surface area contributed by atoms with Gasteiger partial charge in [0.2, 0.25) is 0 Å². The summed E-state index contributed by atoms with van der Waals surface area (Å²) in [5.74, 6) is -0.960. The average molecular weight is 181 g/mol. The number of nitrogens with zero attached hydrogens (tertiary/aromatic N) is 1. The molecule has 0 amide bonds. The monoisotopic (exact) mass is 181 g/mol. The van der Waals surface area contributed by atoms with Crippen molar-refractivity contribution in [3.8, 4) is 11.8 Å². The van der Waals surface area contributed by atoms with Crippen LogP contribution in [0.3, 0.4) is 0 Å². The Hall–Kier alpha value is -1.58. The second-order valence-electron chi connectivity index (χ2n) is 2.17. The minimum Gasteiger partial charge on any atom is -0.511 e. The van der Waals surface area contributed by atoms with Crippen molar-refractivity contribution in [2.24, 2.45) is 0 Å². The minimum atomic E-state index is -2.06. The van der Waals surface area contributed by atoms with E-state index in [9.17, 15) is 4.39 Å². The van der Waals surface area contributed by atoms with Crippen molar-refractivity contribution >= 4 is 7.32 Å². The number of hydrogen-bond acceptors (Lipinski definition) is 4. The first-order valence-electron chi connectivity index (χ1n) is 3.36. The second kappa shape index (κ2) is 3.89. The first kappa shape index (κ1) is 9.51. The molecule has 1 aromatic carbocycles. The molecule has 0 bridgehead atoms. The van der Waals surface area contributed by atoms with Gasteiger partial charge in [-0.3, -0.25) is 0 Å². The van der Waals surface area contributed by atoms with Crippen molar-refractivity contribution < 1.29 is 19.1 Å². The zero-order valence-corrected chi connectivity index (χ0v) is 6.44. The number of hydrogen-bond donors (Lipinski definition) is 2. The summed E-state index contributed by atoms with van der Waals surface area (Å²) in [5, 5.41) is 25.3. The maximum Gasteiger partial charge on any atom is 0.707 e. The van der Waals surface area contributed by atoms with Crippen LogP contribution in [0.4, 0.5) is 4.39 Å². The molecule has 0 atom stereocenters. The lowest BCUT2D eigenvalue weighted by molar-refractivity contribution is 0.287. The fourth-order valence-corrected chi connectivity index (χ4v) is 0.825. The third-order valence-electron chi connectivity index (χ3n) is 1.32. The molecule has 4 nitrogen and oxygen atoms in total. The molecule has 0 unspecified atom stereocenters. The van der Waals surface area contributed by atoms with E-state index in [1.807, 2.05) is 0 Å². The molecule has 13 heavy (non-hydrogen) atoms. The Balaban J connectivity index is 3.07. The normalized spacial score (nSPS) is 9.08. The van der Waals surface area contributed by atoms with Crippen molar-refractivity contribution in [3.05, 3.63) is 29.6 Å². The third kappa shape index (κ3) is 2.18. The van der Waals surface area contributed by atoms with Crippen LogP contribution in [-0.2, 0) is 0 Å². The summed E-state index contributed by atoms with van der Waals surface area (Å²) in [7, 11) is -2.06. The summed E-state index contributed by atoms with van der Waals surface area (Å²) in [6.07, 6.45) is 0. The molecule has 0 spiro atoms. The molecule has 0 saturated carbocycles. The van der Waals surface area contributed by atoms with Crippen molar-refractivity contribution in [3.63, 3.8) is 0 Å². The quantitative estimate of drug-likeness (QED) is 0.631. The zero-order chi connectivity index (χ0) is 9.84. The van der Waals surface area contributed by atoms with Gasteiger partial charge in [0.25, 0.3) is 0 Å². The molecule has 0 saturated heterocycles. The lowest BCUT2D eigenvalue weighted by Crippen LogP contribution is -2.21. The van der Waals surface area contributed by atoms with Crippen LogP contribution in [0.15, 0.2) is 18.2 Å². The molecule has 0 heterocycles. The summed E-state index contributed by atoms with van der Waals surface area (Å²) < 4.78 is 17.2. The molecule has 0 aromatic heterocycles. The van der Waals surface area contributed by atoms with Crippen molar-refractivity contribution in [2.75, 3.05) is 0 Å². The molecule has 2 N–H and O–H groups in total. The lowest BCUT2D eigenvalue weighted by atomic mass is 10.2. The van der Waals surface area contributed by atoms with Gasteiger partial charge in [-0.25, -0.2) is 4.39 Å². The minimum absolute atomic E-state index is 0.197. The average Bonchev–Trinajstić information content (AvgIpc) is 2.03. The number of nitriles is 1. The Kier molecular flexibility index (Phi) is 2.85. The van der Waals surface area contributed by atoms with E-state index in [2.05, 4.69) is 4.65 Å². The molecule has 0 aliphatic rings. The Morgan fingerprint density at radius 2 is 2.15 bits per heavy atom. The van der Waals surface area contributed by atoms with Gasteiger partial charge in [0.15, 0.2) is 0 Å². The highest BCUT2D eigenvalue weighted by atomic mass is 19.1. The van der Waals surface area contributed by atoms with Gasteiger partial charge in [0, 0.05) is 0 Å². The number of halogens is 1. The predicted molar refractivity (Wildman–Crippen MR) is 41.9 cm³/mol. The fourth-order valence-electron chi connectivity index (χ4n) is 0.825. The highest BCUT2D eigenvalue weighted by Crippen LogP contribution is 2.20. The van der Waals surface area contributed by atoms with E-state index in [0.717, 1.165) is 6.07 Å². The first-order chi connectivity index (χ1) is 6.15. The fraction of sp³-hybridized carbons (Fsp3) is 0. The van der Waals surface area contributed by atoms with Crippen molar-refractivity contribution in [1.82, 2.24) is 0 Å². The van der Waals surface area contributed by atoms with Gasteiger partial charge >= 0.3 is 7.32 Å². The van der Waals surface area contributed by atoms with E-state index in [1.54, 1.807) is 6.07 Å². The standard InChI is InChI=1S/C7H5BFNO3/c9-6-2-1-3-7(5(6)4-10)13-8(11)12/h1-3,11-12H. The van der Waals surface area contributed by atoms with Crippen LogP contribution in [0.1, 0.15) is 5.56 Å². The van der Waals surface area contributed by atoms with Crippen LogP contribution in [0.5, 0.6) is 5.75 Å². The molecule has 66 valence electrons. The predicted octanol–water partition coefficient (Wildman–Crippen LogP) is 0.0457. The molecule has 0 aliphatic heterocycles. The molecule has 1 rings (SSSR count). The van der Waals surface area contributed by atoms with Crippen LogP contribution in [0, 0.1) is 17.1 Å². The van der Waals surface area contributed by atoms with Crippen LogP contribution >= 0.6 is 0 Å². The smallest absolute Gasteiger partial charge is 0.511 e. The van der Waals surface area contributed by atoms with Crippen LogP contribution in [-0.4, -0.2) is 17.4 Å². The highest BCUT2D eigenvalue weighted by molar-refractivity contribution is 6.33. The van der Waals surface area contributed by atoms with Gasteiger partial charge in [-0.2, -0.15) is 5.26 Å². The molecular weight excluding hydrogens is 176 g/mol. The Morgan fingerprint density at radius 3 is 2.69 bits per heavy atom. The topological polar surface area (TPSA) is 73.5 Å². The molecule has 0 fully saturated rings. The SMILES string of the molecule is N#Cc1c(F)cccc1OB(O)O. The van der Waals surface area contributed by atoms with E-state index >= 15 is 0 Å². The van der Waals surface area contributed by atoms with Gasteiger partial charge < -0.3 is 14.7 Å². The highest BCUT2D eigenvalue weighted by Gasteiger charge is 2.16. The summed E-state index contributed by atoms with van der Waals surface area (Å²) in [6, 6.07) is 5.19. The van der Waals surface area contributed by atoms with Gasteiger partial charge in [-0.15, -0.1) is 0 Å². The van der Waals surface area contributed by atoms with E-state index in [-0.39, 0.29) is 11.3 Å². The van der Waals surface area contributed by atoms with Crippen LogP contribution < -0.4 is 4.65 Å². The molecule has 1 aromatic rings. The van der Waals surface area contributed by atoms with Crippen LogP contribution in [0.25, 0.3) is 0 Å². The van der Waals surface area contributed by atoms with Gasteiger partial charge in [-0.05, 0) is 12.1 Å². The van der Waals surface area contributed by atoms with Crippen molar-refractivity contribution in [1.29, 1.82) is 5.26 Å². The van der Waals surface area contributed by atoms with Gasteiger partial charge in [0.05, 0.1) is 0 Å². The lowest BCUT2D eigenvalue weighted by Gasteiger charge is -2.05. The Bertz CT molecular complexity index is 350.